The molecule has 6 nitrogen and oxygen atoms in total. The molecule has 0 aromatic carbocycles. The molecule has 1 aliphatic heterocycles. The van der Waals surface area contributed by atoms with Crippen molar-refractivity contribution in [3.8, 4) is 0 Å². The van der Waals surface area contributed by atoms with Crippen LogP contribution in [0.5, 0.6) is 0 Å². The number of nitrogens with one attached hydrogen (secondary N) is 1. The van der Waals surface area contributed by atoms with E-state index in [4.69, 9.17) is 14.0 Å². The normalized spacial score (nSPS) is 19.1. The zero-order valence-corrected chi connectivity index (χ0v) is 18.6. The molecule has 1 aliphatic rings. The predicted octanol–water partition coefficient (Wildman–Crippen LogP) is 4.38. The average molecular weight is 439 g/mol. The molecule has 8 heteroatoms. The van der Waals surface area contributed by atoms with Crippen LogP contribution < -0.4 is 5.32 Å². The molecule has 1 N–H and O–H groups in total. The van der Waals surface area contributed by atoms with E-state index in [1.807, 2.05) is 66.7 Å². The van der Waals surface area contributed by atoms with E-state index >= 15 is 0 Å². The largest absolute Gasteiger partial charge is 0.492 e. The van der Waals surface area contributed by atoms with Gasteiger partial charge in [-0.05, 0) is 87.6 Å². The fraction of sp³-hybridized carbons (Fsp3) is 0.579. The maximum Gasteiger partial charge on any atom is 0.492 e. The molecule has 148 valence electrons. The van der Waals surface area contributed by atoms with Gasteiger partial charge in [0.1, 0.15) is 10.2 Å². The molecule has 0 radical (unpaired) electrons. The number of nitrogens with zero attached hydrogens (tertiary/aromatic N) is 1. The molecule has 2 heterocycles. The molecule has 0 bridgehead atoms. The second-order valence-electron chi connectivity index (χ2n) is 8.57. The van der Waals surface area contributed by atoms with Crippen molar-refractivity contribution in [3.63, 3.8) is 0 Å². The first-order valence-corrected chi connectivity index (χ1v) is 9.73. The van der Waals surface area contributed by atoms with Gasteiger partial charge in [0, 0.05) is 12.7 Å². The minimum atomic E-state index is -0.572. The van der Waals surface area contributed by atoms with E-state index in [0.29, 0.717) is 0 Å². The molecule has 0 unspecified atom stereocenters. The number of hydrogen-bond acceptors (Lipinski definition) is 5. The van der Waals surface area contributed by atoms with E-state index < -0.39 is 30.0 Å². The Morgan fingerprint density at radius 2 is 1.89 bits per heavy atom. The number of pyridine rings is 1. The van der Waals surface area contributed by atoms with Gasteiger partial charge in [0.15, 0.2) is 0 Å². The monoisotopic (exact) mass is 438 g/mol. The van der Waals surface area contributed by atoms with Gasteiger partial charge in [0.05, 0.1) is 11.2 Å². The topological polar surface area (TPSA) is 69.7 Å². The van der Waals surface area contributed by atoms with Gasteiger partial charge in [-0.15, -0.1) is 0 Å². The third-order valence-corrected chi connectivity index (χ3v) is 4.93. The summed E-state index contributed by atoms with van der Waals surface area (Å²) in [6.07, 6.45) is 3.16. The highest BCUT2D eigenvalue weighted by atomic mass is 79.9. The summed E-state index contributed by atoms with van der Waals surface area (Å²) in [6.45, 7) is 13.7. The van der Waals surface area contributed by atoms with Crippen LogP contribution in [0.3, 0.4) is 0 Å². The molecule has 1 aromatic heterocycles. The van der Waals surface area contributed by atoms with Gasteiger partial charge in [-0.3, -0.25) is 0 Å². The van der Waals surface area contributed by atoms with Crippen LogP contribution in [0.4, 0.5) is 4.79 Å². The summed E-state index contributed by atoms with van der Waals surface area (Å²) >= 11 is 3.37. The van der Waals surface area contributed by atoms with Crippen LogP contribution in [0, 0.1) is 0 Å². The number of amides is 1. The number of carbonyl (C=O) groups is 1. The van der Waals surface area contributed by atoms with Gasteiger partial charge >= 0.3 is 13.2 Å². The highest BCUT2D eigenvalue weighted by Gasteiger charge is 2.52. The first kappa shape index (κ1) is 21.9. The Bertz CT molecular complexity index is 713. The second kappa shape index (κ2) is 7.93. The summed E-state index contributed by atoms with van der Waals surface area (Å²) in [4.78, 5) is 16.2. The van der Waals surface area contributed by atoms with Crippen molar-refractivity contribution in [2.24, 2.45) is 0 Å². The van der Waals surface area contributed by atoms with E-state index in [0.717, 1.165) is 15.6 Å². The molecule has 1 saturated heterocycles. The third-order valence-electron chi connectivity index (χ3n) is 4.49. The van der Waals surface area contributed by atoms with E-state index in [1.165, 1.54) is 0 Å². The summed E-state index contributed by atoms with van der Waals surface area (Å²) < 4.78 is 18.4. The summed E-state index contributed by atoms with van der Waals surface area (Å²) in [5, 5.41) is 2.79. The predicted molar refractivity (Wildman–Crippen MR) is 110 cm³/mol. The Labute approximate surface area is 170 Å². The highest BCUT2D eigenvalue weighted by molar-refractivity contribution is 9.10. The highest BCUT2D eigenvalue weighted by Crippen LogP contribution is 2.38. The second-order valence-corrected chi connectivity index (χ2v) is 9.39. The molecule has 0 spiro atoms. The first-order chi connectivity index (χ1) is 12.3. The van der Waals surface area contributed by atoms with E-state index in [-0.39, 0.29) is 6.54 Å². The number of carbonyl (C=O) groups excluding carboxylic acids is 1. The van der Waals surface area contributed by atoms with Crippen molar-refractivity contribution in [1.29, 1.82) is 0 Å². The number of alkyl carbamates (subject to hydrolysis) is 1. The van der Waals surface area contributed by atoms with Crippen molar-refractivity contribution in [3.05, 3.63) is 34.0 Å². The van der Waals surface area contributed by atoms with Crippen LogP contribution >= 0.6 is 15.9 Å². The lowest BCUT2D eigenvalue weighted by atomic mass is 9.77. The van der Waals surface area contributed by atoms with Crippen molar-refractivity contribution in [2.45, 2.75) is 65.3 Å². The summed E-state index contributed by atoms with van der Waals surface area (Å²) in [5.41, 5.74) is 0.210. The lowest BCUT2D eigenvalue weighted by molar-refractivity contribution is 0.00578. The van der Waals surface area contributed by atoms with Crippen LogP contribution in [0.25, 0.3) is 6.08 Å². The molecule has 1 fully saturated rings. The zero-order chi connectivity index (χ0) is 20.5. The van der Waals surface area contributed by atoms with Gasteiger partial charge < -0.3 is 19.4 Å². The van der Waals surface area contributed by atoms with Gasteiger partial charge in [-0.1, -0.05) is 6.08 Å². The fourth-order valence-electron chi connectivity index (χ4n) is 2.41. The number of ether oxygens (including phenoxy) is 1. The molecule has 0 atom stereocenters. The Morgan fingerprint density at radius 3 is 2.41 bits per heavy atom. The maximum atomic E-state index is 12.1. The van der Waals surface area contributed by atoms with Gasteiger partial charge in [0.25, 0.3) is 0 Å². The van der Waals surface area contributed by atoms with Crippen LogP contribution in [0.2, 0.25) is 0 Å². The summed E-state index contributed by atoms with van der Waals surface area (Å²) in [6, 6.07) is 3.77. The number of aromatic nitrogens is 1. The fourth-order valence-corrected chi connectivity index (χ4v) is 2.79. The Balaban J connectivity index is 2.23. The molecule has 0 aliphatic carbocycles. The average Bonchev–Trinajstić information content (AvgIpc) is 2.70. The van der Waals surface area contributed by atoms with Crippen molar-refractivity contribution in [2.75, 3.05) is 6.54 Å². The van der Waals surface area contributed by atoms with Crippen molar-refractivity contribution < 1.29 is 18.8 Å². The van der Waals surface area contributed by atoms with Gasteiger partial charge in [-0.2, -0.15) is 0 Å². The maximum absolute atomic E-state index is 12.1. The van der Waals surface area contributed by atoms with E-state index in [1.54, 1.807) is 6.20 Å². The Morgan fingerprint density at radius 1 is 1.30 bits per heavy atom. The third kappa shape index (κ3) is 6.06. The van der Waals surface area contributed by atoms with E-state index in [9.17, 15) is 4.79 Å². The van der Waals surface area contributed by atoms with Crippen molar-refractivity contribution >= 4 is 35.2 Å². The molecule has 27 heavy (non-hydrogen) atoms. The molecular formula is C19H28BBrN2O4. The SMILES string of the molecule is CC(C)(C)OC(=O)NCC(=Cc1ccnc(Br)c1)B1OC(C)(C)C(C)(C)O1. The molecule has 1 aromatic rings. The quantitative estimate of drug-likeness (QED) is 0.557. The first-order valence-electron chi connectivity index (χ1n) is 8.94. The number of hydrogen-bond donors (Lipinski definition) is 1. The van der Waals surface area contributed by atoms with Gasteiger partial charge in [-0.25, -0.2) is 9.78 Å². The van der Waals surface area contributed by atoms with Crippen molar-refractivity contribution in [1.82, 2.24) is 10.3 Å². The lowest BCUT2D eigenvalue weighted by Gasteiger charge is -2.32. The molecule has 1 amide bonds. The van der Waals surface area contributed by atoms with Crippen LogP contribution in [0.1, 0.15) is 54.0 Å². The number of halogens is 1. The Hall–Kier alpha value is -1.38. The van der Waals surface area contributed by atoms with E-state index in [2.05, 4.69) is 26.2 Å². The Kier molecular flexibility index (Phi) is 6.44. The summed E-state index contributed by atoms with van der Waals surface area (Å²) in [7, 11) is -0.572. The zero-order valence-electron chi connectivity index (χ0n) is 17.1. The standard InChI is InChI=1S/C19H28BBrN2O4/c1-17(2,3)25-16(24)23-12-14(10-13-8-9-22-15(21)11-13)20-26-18(4,5)19(6,7)27-20/h8-11H,12H2,1-7H3,(H,23,24). The summed E-state index contributed by atoms with van der Waals surface area (Å²) in [5.74, 6) is 0. The molecular weight excluding hydrogens is 411 g/mol. The number of rotatable bonds is 4. The van der Waals surface area contributed by atoms with Crippen LogP contribution in [0.15, 0.2) is 28.4 Å². The minimum Gasteiger partial charge on any atom is -0.444 e. The minimum absolute atomic E-state index is 0.242. The van der Waals surface area contributed by atoms with Crippen LogP contribution in [-0.4, -0.2) is 41.5 Å². The molecule has 0 saturated carbocycles. The smallest absolute Gasteiger partial charge is 0.444 e. The lowest BCUT2D eigenvalue weighted by Crippen LogP contribution is -2.41. The van der Waals surface area contributed by atoms with Crippen LogP contribution in [-0.2, 0) is 14.0 Å². The van der Waals surface area contributed by atoms with Gasteiger partial charge in [0.2, 0.25) is 0 Å². The molecule has 2 rings (SSSR count).